The van der Waals surface area contributed by atoms with Crippen molar-refractivity contribution >= 4 is 0 Å². The monoisotopic (exact) mass is 474 g/mol. The van der Waals surface area contributed by atoms with Gasteiger partial charge in [0.2, 0.25) is 0 Å². The van der Waals surface area contributed by atoms with Crippen molar-refractivity contribution in [2.45, 2.75) is 69.7 Å². The van der Waals surface area contributed by atoms with E-state index in [-0.39, 0.29) is 17.4 Å². The summed E-state index contributed by atoms with van der Waals surface area (Å²) in [5.74, 6) is 1.78. The Kier molecular flexibility index (Phi) is 5.36. The fraction of sp³-hybridized carbons (Fsp3) is 0.536. The van der Waals surface area contributed by atoms with E-state index in [9.17, 15) is 5.11 Å². The Labute approximate surface area is 206 Å². The van der Waals surface area contributed by atoms with E-state index in [1.165, 1.54) is 5.56 Å². The van der Waals surface area contributed by atoms with E-state index < -0.39 is 5.60 Å². The Bertz CT molecular complexity index is 1220. The van der Waals surface area contributed by atoms with Crippen molar-refractivity contribution in [1.82, 2.24) is 20.0 Å². The summed E-state index contributed by atoms with van der Waals surface area (Å²) in [5.41, 5.74) is 2.02. The first-order chi connectivity index (χ1) is 16.8. The zero-order valence-electron chi connectivity index (χ0n) is 20.9. The highest BCUT2D eigenvalue weighted by Crippen LogP contribution is 2.50. The van der Waals surface area contributed by atoms with Crippen molar-refractivity contribution < 1.29 is 14.4 Å². The van der Waals surface area contributed by atoms with Gasteiger partial charge >= 0.3 is 0 Å². The van der Waals surface area contributed by atoms with Gasteiger partial charge < -0.3 is 19.3 Å². The lowest BCUT2D eigenvalue weighted by Crippen LogP contribution is -2.63. The number of hydrogen-bond donors (Lipinski definition) is 1. The van der Waals surface area contributed by atoms with Crippen molar-refractivity contribution in [1.29, 1.82) is 0 Å². The maximum Gasteiger partial charge on any atom is 0.259 e. The second kappa shape index (κ2) is 8.22. The largest absolute Gasteiger partial charge is 0.380 e. The van der Waals surface area contributed by atoms with Gasteiger partial charge in [-0.05, 0) is 49.4 Å². The van der Waals surface area contributed by atoms with Gasteiger partial charge in [-0.25, -0.2) is 0 Å². The quantitative estimate of drug-likeness (QED) is 0.564. The number of hydrogen-bond acceptors (Lipinski definition) is 7. The van der Waals surface area contributed by atoms with E-state index in [0.717, 1.165) is 49.0 Å². The van der Waals surface area contributed by atoms with Gasteiger partial charge in [0.05, 0.1) is 23.7 Å². The molecule has 4 atom stereocenters. The Morgan fingerprint density at radius 1 is 1.11 bits per heavy atom. The van der Waals surface area contributed by atoms with Gasteiger partial charge in [0, 0.05) is 36.5 Å². The van der Waals surface area contributed by atoms with Crippen LogP contribution in [0.2, 0.25) is 0 Å². The van der Waals surface area contributed by atoms with Crippen LogP contribution in [0, 0.1) is 5.41 Å². The lowest BCUT2D eigenvalue weighted by atomic mass is 9.62. The van der Waals surface area contributed by atoms with Crippen LogP contribution in [0.5, 0.6) is 0 Å². The zero-order chi connectivity index (χ0) is 24.4. The molecule has 2 bridgehead atoms. The summed E-state index contributed by atoms with van der Waals surface area (Å²) < 4.78 is 11.7. The smallest absolute Gasteiger partial charge is 0.259 e. The molecule has 3 aliphatic heterocycles. The minimum absolute atomic E-state index is 0.197. The Morgan fingerprint density at radius 3 is 2.51 bits per heavy atom. The zero-order valence-corrected chi connectivity index (χ0v) is 20.9. The average Bonchev–Trinajstić information content (AvgIpc) is 3.60. The topological polar surface area (TPSA) is 84.5 Å². The molecule has 1 aromatic carbocycles. The highest BCUT2D eigenvalue weighted by Gasteiger charge is 2.55. The SMILES string of the molecule is CC(C)c1ccc(C(O)(c2cncc(-c3nc(C4CC5CCC4O5)no3)c2)C2(C)CN(C)C2)cc1. The molecule has 184 valence electrons. The second-order valence-corrected chi connectivity index (χ2v) is 11.4. The molecule has 4 unspecified atom stereocenters. The van der Waals surface area contributed by atoms with Gasteiger partial charge in [0.15, 0.2) is 5.82 Å². The molecule has 0 amide bonds. The Balaban J connectivity index is 1.37. The minimum atomic E-state index is -1.21. The molecule has 3 aliphatic rings. The third-order valence-corrected chi connectivity index (χ3v) is 8.39. The first kappa shape index (κ1) is 22.8. The Hall–Kier alpha value is -2.61. The summed E-state index contributed by atoms with van der Waals surface area (Å²) in [7, 11) is 2.08. The van der Waals surface area contributed by atoms with E-state index in [1.807, 2.05) is 6.07 Å². The summed E-state index contributed by atoms with van der Waals surface area (Å²) in [4.78, 5) is 11.5. The van der Waals surface area contributed by atoms with Crippen molar-refractivity contribution in [3.05, 3.63) is 65.2 Å². The van der Waals surface area contributed by atoms with Crippen LogP contribution in [0.3, 0.4) is 0 Å². The van der Waals surface area contributed by atoms with Gasteiger partial charge in [0.25, 0.3) is 5.89 Å². The average molecular weight is 475 g/mol. The number of benzene rings is 1. The molecule has 0 saturated carbocycles. The second-order valence-electron chi connectivity index (χ2n) is 11.4. The highest BCUT2D eigenvalue weighted by molar-refractivity contribution is 5.55. The van der Waals surface area contributed by atoms with Crippen LogP contribution in [0.4, 0.5) is 0 Å². The molecule has 7 nitrogen and oxygen atoms in total. The predicted molar refractivity (Wildman–Crippen MR) is 132 cm³/mol. The standard InChI is InChI=1S/C28H34N4O3/c1-17(2)18-5-7-20(8-6-18)28(33,27(3)15-32(4)16-27)21-11-19(13-29-14-21)26-30-25(31-35-26)23-12-22-9-10-24(23)34-22/h5-8,11,13-14,17,22-24,33H,9-10,12,15-16H2,1-4H3. The van der Waals surface area contributed by atoms with E-state index in [4.69, 9.17) is 14.2 Å². The molecule has 5 heterocycles. The van der Waals surface area contributed by atoms with Crippen molar-refractivity contribution in [2.75, 3.05) is 20.1 Å². The van der Waals surface area contributed by atoms with Crippen LogP contribution >= 0.6 is 0 Å². The molecule has 7 heteroatoms. The molecule has 1 N–H and O–H groups in total. The van der Waals surface area contributed by atoms with Gasteiger partial charge in [-0.1, -0.05) is 50.2 Å². The first-order valence-electron chi connectivity index (χ1n) is 12.7. The predicted octanol–water partition coefficient (Wildman–Crippen LogP) is 4.48. The van der Waals surface area contributed by atoms with E-state index in [1.54, 1.807) is 12.4 Å². The van der Waals surface area contributed by atoms with Gasteiger partial charge in [-0.15, -0.1) is 0 Å². The molecule has 0 spiro atoms. The summed E-state index contributed by atoms with van der Waals surface area (Å²) >= 11 is 0. The maximum atomic E-state index is 12.5. The van der Waals surface area contributed by atoms with Crippen LogP contribution in [0.15, 0.2) is 47.2 Å². The van der Waals surface area contributed by atoms with Gasteiger partial charge in [-0.2, -0.15) is 4.98 Å². The van der Waals surface area contributed by atoms with Crippen molar-refractivity contribution in [3.63, 3.8) is 0 Å². The van der Waals surface area contributed by atoms with Crippen LogP contribution in [-0.4, -0.2) is 57.5 Å². The third-order valence-electron chi connectivity index (χ3n) is 8.39. The highest BCUT2D eigenvalue weighted by atomic mass is 16.5. The van der Waals surface area contributed by atoms with Crippen LogP contribution in [0.25, 0.3) is 11.5 Å². The molecular formula is C28H34N4O3. The number of ether oxygens (including phenoxy) is 1. The number of likely N-dealkylation sites (tertiary alicyclic amines) is 1. The van der Waals surface area contributed by atoms with E-state index in [0.29, 0.717) is 23.7 Å². The van der Waals surface area contributed by atoms with E-state index in [2.05, 4.69) is 67.1 Å². The van der Waals surface area contributed by atoms with Crippen LogP contribution < -0.4 is 0 Å². The van der Waals surface area contributed by atoms with Crippen molar-refractivity contribution in [2.24, 2.45) is 5.41 Å². The molecule has 3 saturated heterocycles. The molecule has 6 rings (SSSR count). The Morgan fingerprint density at radius 2 is 1.89 bits per heavy atom. The van der Waals surface area contributed by atoms with Gasteiger partial charge in [-0.3, -0.25) is 4.98 Å². The van der Waals surface area contributed by atoms with Crippen molar-refractivity contribution in [3.8, 4) is 11.5 Å². The molecular weight excluding hydrogens is 440 g/mol. The fourth-order valence-corrected chi connectivity index (χ4v) is 6.51. The normalized spacial score (nSPS) is 27.2. The summed E-state index contributed by atoms with van der Waals surface area (Å²) in [6.07, 6.45) is 7.17. The summed E-state index contributed by atoms with van der Waals surface area (Å²) in [6.45, 7) is 8.08. The number of aromatic nitrogens is 3. The van der Waals surface area contributed by atoms with Crippen LogP contribution in [-0.2, 0) is 10.3 Å². The van der Waals surface area contributed by atoms with E-state index >= 15 is 0 Å². The summed E-state index contributed by atoms with van der Waals surface area (Å²) in [5, 5.41) is 16.7. The van der Waals surface area contributed by atoms with Crippen LogP contribution in [0.1, 0.15) is 74.4 Å². The molecule has 2 aromatic heterocycles. The molecule has 3 fully saturated rings. The summed E-state index contributed by atoms with van der Waals surface area (Å²) in [6, 6.07) is 10.3. The first-order valence-corrected chi connectivity index (χ1v) is 12.7. The molecule has 3 aromatic rings. The molecule has 35 heavy (non-hydrogen) atoms. The lowest BCUT2D eigenvalue weighted by Gasteiger charge is -2.55. The number of pyridine rings is 1. The number of fused-ring (bicyclic) bond motifs is 2. The minimum Gasteiger partial charge on any atom is -0.380 e. The lowest BCUT2D eigenvalue weighted by molar-refractivity contribution is -0.127. The molecule has 0 radical (unpaired) electrons. The molecule has 0 aliphatic carbocycles. The number of aliphatic hydroxyl groups is 1. The number of nitrogens with zero attached hydrogens (tertiary/aromatic N) is 4. The fourth-order valence-electron chi connectivity index (χ4n) is 6.51. The number of rotatable bonds is 6. The third kappa shape index (κ3) is 3.63. The maximum absolute atomic E-state index is 12.5. The van der Waals surface area contributed by atoms with Gasteiger partial charge in [0.1, 0.15) is 5.60 Å².